The minimum atomic E-state index is -2.33. The summed E-state index contributed by atoms with van der Waals surface area (Å²) in [5, 5.41) is 16.7. The van der Waals surface area contributed by atoms with Crippen LogP contribution in [0.5, 0.6) is 0 Å². The second-order valence-corrected chi connectivity index (χ2v) is 0.943. The summed E-state index contributed by atoms with van der Waals surface area (Å²) in [5.74, 6) is 0. The van der Waals surface area contributed by atoms with Crippen molar-refractivity contribution in [2.75, 3.05) is 0 Å². The molecule has 56 valence electrons. The van der Waals surface area contributed by atoms with Crippen LogP contribution in [0, 0.1) is 0 Å². The van der Waals surface area contributed by atoms with Crippen LogP contribution in [0.2, 0.25) is 0 Å². The first kappa shape index (κ1) is 16.6. The fraction of sp³-hybridized carbons (Fsp3) is 0. The molecule has 0 aliphatic carbocycles. The number of rotatable bonds is 0. The van der Waals surface area contributed by atoms with Gasteiger partial charge < -0.3 is 15.0 Å². The summed E-state index contributed by atoms with van der Waals surface area (Å²) in [6.45, 7) is 0. The molecule has 7 nitrogen and oxygen atoms in total. The van der Waals surface area contributed by atoms with Crippen LogP contribution >= 0.6 is 0 Å². The zero-order chi connectivity index (χ0) is 8.99. The standard InChI is InChI=1S/CH2O3.2Al.4H2O/c2-1(3)4;;;;;;/h(H2,2,3,4);;;4*1H2/q;2*+3;;;;/p-6. The average molecular weight is 182 g/mol. The van der Waals surface area contributed by atoms with Crippen molar-refractivity contribution in [2.45, 2.75) is 0 Å². The summed E-state index contributed by atoms with van der Waals surface area (Å²) >= 11 is -2.50. The Kier molecular flexibility index (Phi) is 38.1. The van der Waals surface area contributed by atoms with Crippen LogP contribution in [0.3, 0.4) is 0 Å². The SMILES string of the molecule is O=C([O-])[O-].[OH][Al+][OH].[OH][Al+][OH]. The molecule has 9 heteroatoms. The van der Waals surface area contributed by atoms with E-state index in [2.05, 4.69) is 0 Å². The van der Waals surface area contributed by atoms with Crippen LogP contribution in [-0.2, 0) is 0 Å². The Labute approximate surface area is 69.9 Å². The molecule has 0 aliphatic rings. The van der Waals surface area contributed by atoms with E-state index in [1.807, 2.05) is 0 Å². The number of carbonyl (C=O) groups is 1. The predicted octanol–water partition coefficient (Wildman–Crippen LogP) is -5.44. The molecule has 0 spiro atoms. The van der Waals surface area contributed by atoms with Crippen molar-refractivity contribution >= 4 is 37.9 Å². The van der Waals surface area contributed by atoms with Crippen LogP contribution in [0.25, 0.3) is 0 Å². The fourth-order valence-corrected chi connectivity index (χ4v) is 0. The van der Waals surface area contributed by atoms with Gasteiger partial charge in [0.2, 0.25) is 0 Å². The molecule has 0 fully saturated rings. The van der Waals surface area contributed by atoms with E-state index in [1.54, 1.807) is 0 Å². The summed E-state index contributed by atoms with van der Waals surface area (Å²) in [5.41, 5.74) is 0. The average Bonchev–Trinajstić information content (AvgIpc) is 1.65. The Balaban J connectivity index is -0.0000000750. The van der Waals surface area contributed by atoms with Crippen molar-refractivity contribution in [3.05, 3.63) is 0 Å². The Hall–Kier alpha value is 0.175. The first-order valence-electron chi connectivity index (χ1n) is 1.65. The molecule has 0 rings (SSSR count). The molecule has 4 N–H and O–H groups in total. The molecule has 0 radical (unpaired) electrons. The Morgan fingerprint density at radius 3 is 1.00 bits per heavy atom. The van der Waals surface area contributed by atoms with Gasteiger partial charge in [0.25, 0.3) is 0 Å². The van der Waals surface area contributed by atoms with Crippen LogP contribution in [0.4, 0.5) is 4.79 Å². The first-order chi connectivity index (χ1) is 4.56. The molecule has 0 amide bonds. The monoisotopic (exact) mass is 182 g/mol. The second kappa shape index (κ2) is 22.9. The van der Waals surface area contributed by atoms with Crippen LogP contribution in [0.15, 0.2) is 0 Å². The zero-order valence-electron chi connectivity index (χ0n) is 4.67. The van der Waals surface area contributed by atoms with Gasteiger partial charge in [-0.25, -0.2) is 0 Å². The van der Waals surface area contributed by atoms with E-state index in [0.717, 1.165) is 0 Å². The molecule has 0 aromatic rings. The van der Waals surface area contributed by atoms with Gasteiger partial charge >= 0.3 is 48.4 Å². The van der Waals surface area contributed by atoms with E-state index < -0.39 is 37.9 Å². The van der Waals surface area contributed by atoms with Gasteiger partial charge in [0.15, 0.2) is 0 Å². The molecule has 0 unspecified atom stereocenters. The number of hydrogen-bond donors (Lipinski definition) is 4. The molecule has 0 saturated heterocycles. The molecule has 0 bridgehead atoms. The molecular formula is CH4Al2O7. The van der Waals surface area contributed by atoms with E-state index in [0.29, 0.717) is 0 Å². The van der Waals surface area contributed by atoms with Crippen molar-refractivity contribution in [1.82, 2.24) is 0 Å². The molecule has 0 aromatic carbocycles. The quantitative estimate of drug-likeness (QED) is 0.273. The fourth-order valence-electron chi connectivity index (χ4n) is 0. The van der Waals surface area contributed by atoms with Gasteiger partial charge in [0.05, 0.1) is 0 Å². The Morgan fingerprint density at radius 1 is 1.00 bits per heavy atom. The van der Waals surface area contributed by atoms with Crippen LogP contribution in [0.1, 0.15) is 0 Å². The van der Waals surface area contributed by atoms with E-state index in [4.69, 9.17) is 31.6 Å². The molecule has 0 aliphatic heterocycles. The van der Waals surface area contributed by atoms with Gasteiger partial charge in [-0.1, -0.05) is 0 Å². The normalized spacial score (nSPS) is 4.40. The first-order valence-corrected chi connectivity index (χ1v) is 3.71. The van der Waals surface area contributed by atoms with Crippen molar-refractivity contribution < 1.29 is 31.6 Å². The Morgan fingerprint density at radius 2 is 1.00 bits per heavy atom. The minimum absolute atomic E-state index is 1.25. The summed E-state index contributed by atoms with van der Waals surface area (Å²) in [6, 6.07) is 0. The van der Waals surface area contributed by atoms with Crippen LogP contribution < -0.4 is 10.2 Å². The van der Waals surface area contributed by atoms with Gasteiger partial charge in [-0.3, -0.25) is 0 Å². The van der Waals surface area contributed by atoms with Crippen molar-refractivity contribution in [3.8, 4) is 0 Å². The maximum absolute atomic E-state index is 8.33. The van der Waals surface area contributed by atoms with Crippen molar-refractivity contribution in [2.24, 2.45) is 0 Å². The van der Waals surface area contributed by atoms with Crippen molar-refractivity contribution in [1.29, 1.82) is 0 Å². The van der Waals surface area contributed by atoms with Gasteiger partial charge in [-0.15, -0.1) is 0 Å². The summed E-state index contributed by atoms with van der Waals surface area (Å²) in [4.78, 5) is 8.33. The molecular weight excluding hydrogens is 178 g/mol. The second-order valence-electron chi connectivity index (χ2n) is 0.481. The number of carboxylic acid groups (broad SMARTS) is 2. The van der Waals surface area contributed by atoms with Gasteiger partial charge in [-0.05, 0) is 6.16 Å². The summed E-state index contributed by atoms with van der Waals surface area (Å²) in [7, 11) is 0. The maximum atomic E-state index is 8.33. The molecule has 0 atom stereocenters. The summed E-state index contributed by atoms with van der Waals surface area (Å²) in [6.07, 6.45) is -2.33. The van der Waals surface area contributed by atoms with E-state index in [9.17, 15) is 0 Å². The third kappa shape index (κ3) is 13800. The van der Waals surface area contributed by atoms with Gasteiger partial charge in [-0.2, -0.15) is 0 Å². The molecule has 0 heterocycles. The molecule has 0 saturated carbocycles. The molecule has 0 aromatic heterocycles. The number of carbonyl (C=O) groups excluding carboxylic acids is 1. The zero-order valence-corrected chi connectivity index (χ0v) is 6.98. The molecule has 10 heavy (non-hydrogen) atoms. The third-order valence-electron chi connectivity index (χ3n) is 0. The third-order valence-corrected chi connectivity index (χ3v) is 0. The van der Waals surface area contributed by atoms with E-state index in [1.165, 1.54) is 0 Å². The van der Waals surface area contributed by atoms with E-state index in [-0.39, 0.29) is 0 Å². The predicted molar refractivity (Wildman–Crippen MR) is 25.8 cm³/mol. The van der Waals surface area contributed by atoms with Gasteiger partial charge in [0, 0.05) is 0 Å². The topological polar surface area (TPSA) is 144 Å². The van der Waals surface area contributed by atoms with Crippen LogP contribution in [-0.4, -0.2) is 54.6 Å². The Bertz CT molecular complexity index is 49.6. The van der Waals surface area contributed by atoms with Crippen molar-refractivity contribution in [3.63, 3.8) is 0 Å². The van der Waals surface area contributed by atoms with Gasteiger partial charge in [0.1, 0.15) is 0 Å². The summed E-state index contributed by atoms with van der Waals surface area (Å²) < 4.78 is 28.8. The number of hydrogen-bond acceptors (Lipinski definition) is 7. The van der Waals surface area contributed by atoms with E-state index >= 15 is 0 Å².